The van der Waals surface area contributed by atoms with Crippen LogP contribution in [0.5, 0.6) is 0 Å². The highest BCUT2D eigenvalue weighted by Crippen LogP contribution is 2.14. The van der Waals surface area contributed by atoms with E-state index in [2.05, 4.69) is 32.4 Å². The highest BCUT2D eigenvalue weighted by Gasteiger charge is 2.09. The summed E-state index contributed by atoms with van der Waals surface area (Å²) in [5, 5.41) is 14.9. The number of hydrogen-bond donors (Lipinski definition) is 1. The van der Waals surface area contributed by atoms with Crippen molar-refractivity contribution in [2.75, 3.05) is 11.1 Å². The molecule has 0 spiro atoms. The molecule has 2 aromatic rings. The molecule has 2 aromatic heterocycles. The first-order valence-corrected chi connectivity index (χ1v) is 6.96. The maximum Gasteiger partial charge on any atom is 0.236 e. The molecule has 2 rings (SSSR count). The summed E-state index contributed by atoms with van der Waals surface area (Å²) in [6.07, 6.45) is 3.15. The number of thioether (sulfide) groups is 1. The van der Waals surface area contributed by atoms with E-state index in [1.165, 1.54) is 18.0 Å². The van der Waals surface area contributed by atoms with Crippen LogP contribution in [0.4, 0.5) is 5.82 Å². The van der Waals surface area contributed by atoms with E-state index in [0.717, 1.165) is 0 Å². The van der Waals surface area contributed by atoms with E-state index in [1.54, 1.807) is 22.9 Å². The van der Waals surface area contributed by atoms with Crippen LogP contribution in [0.25, 0.3) is 0 Å². The number of carbonyl (C=O) groups is 1. The number of halogens is 1. The van der Waals surface area contributed by atoms with E-state index in [4.69, 9.17) is 11.6 Å². The summed E-state index contributed by atoms with van der Waals surface area (Å²) in [4.78, 5) is 15.7. The van der Waals surface area contributed by atoms with Crippen molar-refractivity contribution in [3.63, 3.8) is 0 Å². The zero-order valence-corrected chi connectivity index (χ0v) is 11.9. The average Bonchev–Trinajstić information content (AvgIpc) is 2.87. The number of aromatic nitrogens is 5. The molecule has 0 unspecified atom stereocenters. The smallest absolute Gasteiger partial charge is 0.236 e. The summed E-state index contributed by atoms with van der Waals surface area (Å²) in [6, 6.07) is 3.29. The Labute approximate surface area is 124 Å². The lowest BCUT2D eigenvalue weighted by atomic mass is 10.4. The Balaban J connectivity index is 1.87. The lowest BCUT2D eigenvalue weighted by Crippen LogP contribution is -2.15. The van der Waals surface area contributed by atoms with Gasteiger partial charge < -0.3 is 5.32 Å². The molecule has 0 fully saturated rings. The minimum absolute atomic E-state index is 0.182. The molecule has 104 valence electrons. The Morgan fingerprint density at radius 2 is 2.40 bits per heavy atom. The van der Waals surface area contributed by atoms with Gasteiger partial charge in [-0.3, -0.25) is 4.79 Å². The van der Waals surface area contributed by atoms with Gasteiger partial charge in [-0.1, -0.05) is 29.4 Å². The van der Waals surface area contributed by atoms with Gasteiger partial charge in [0.05, 0.1) is 17.3 Å². The highest BCUT2D eigenvalue weighted by molar-refractivity contribution is 7.99. The molecule has 20 heavy (non-hydrogen) atoms. The van der Waals surface area contributed by atoms with Crippen LogP contribution in [0, 0.1) is 0 Å². The van der Waals surface area contributed by atoms with Gasteiger partial charge in [0, 0.05) is 6.20 Å². The summed E-state index contributed by atoms with van der Waals surface area (Å²) in [5.74, 6) is 0.436. The van der Waals surface area contributed by atoms with Gasteiger partial charge in [-0.2, -0.15) is 0 Å². The molecule has 9 heteroatoms. The van der Waals surface area contributed by atoms with Gasteiger partial charge in [0.2, 0.25) is 11.1 Å². The number of rotatable bonds is 6. The Kier molecular flexibility index (Phi) is 5.08. The first-order valence-electron chi connectivity index (χ1n) is 5.60. The minimum Gasteiger partial charge on any atom is -0.310 e. The van der Waals surface area contributed by atoms with Gasteiger partial charge >= 0.3 is 0 Å². The second-order valence-electron chi connectivity index (χ2n) is 3.63. The van der Waals surface area contributed by atoms with E-state index < -0.39 is 0 Å². The number of carbonyl (C=O) groups excluding carboxylic acids is 1. The van der Waals surface area contributed by atoms with Crippen LogP contribution in [-0.4, -0.2) is 36.9 Å². The molecular weight excluding hydrogens is 300 g/mol. The molecule has 7 nitrogen and oxygen atoms in total. The SMILES string of the molecule is C=CCn1nnnc1SCC(=O)Nc1ccc(Cl)cn1. The number of hydrogen-bond acceptors (Lipinski definition) is 6. The lowest BCUT2D eigenvalue weighted by Gasteiger charge is -2.04. The van der Waals surface area contributed by atoms with Crippen molar-refractivity contribution < 1.29 is 4.79 Å². The van der Waals surface area contributed by atoms with Crippen molar-refractivity contribution in [1.29, 1.82) is 0 Å². The van der Waals surface area contributed by atoms with E-state index in [-0.39, 0.29) is 11.7 Å². The number of nitrogens with one attached hydrogen (secondary N) is 1. The molecule has 0 aromatic carbocycles. The fourth-order valence-electron chi connectivity index (χ4n) is 1.30. The third-order valence-electron chi connectivity index (χ3n) is 2.13. The Morgan fingerprint density at radius 1 is 1.55 bits per heavy atom. The van der Waals surface area contributed by atoms with Crippen molar-refractivity contribution in [3.8, 4) is 0 Å². The van der Waals surface area contributed by atoms with E-state index in [9.17, 15) is 4.79 Å². The molecule has 1 N–H and O–H groups in total. The Bertz CT molecular complexity index is 599. The van der Waals surface area contributed by atoms with Gasteiger partial charge in [-0.25, -0.2) is 9.67 Å². The first kappa shape index (κ1) is 14.5. The molecule has 1 amide bonds. The number of amides is 1. The van der Waals surface area contributed by atoms with Gasteiger partial charge in [-0.15, -0.1) is 11.7 Å². The molecule has 0 aliphatic heterocycles. The fraction of sp³-hybridized carbons (Fsp3) is 0.182. The van der Waals surface area contributed by atoms with Gasteiger partial charge in [0.25, 0.3) is 0 Å². The highest BCUT2D eigenvalue weighted by atomic mass is 35.5. The van der Waals surface area contributed by atoms with Crippen LogP contribution in [0.2, 0.25) is 5.02 Å². The standard InChI is InChI=1S/C11H11ClN6OS/c1-2-5-18-11(15-16-17-18)20-7-10(19)14-9-4-3-8(12)6-13-9/h2-4,6H,1,5,7H2,(H,13,14,19). The molecule has 0 bridgehead atoms. The predicted molar refractivity (Wildman–Crippen MR) is 76.6 cm³/mol. The number of allylic oxidation sites excluding steroid dienone is 1. The number of tetrazole rings is 1. The maximum absolute atomic E-state index is 11.8. The summed E-state index contributed by atoms with van der Waals surface area (Å²) in [7, 11) is 0. The Hall–Kier alpha value is -1.93. The molecule has 2 heterocycles. The summed E-state index contributed by atoms with van der Waals surface area (Å²) in [5.41, 5.74) is 0. The van der Waals surface area contributed by atoms with Crippen molar-refractivity contribution in [1.82, 2.24) is 25.2 Å². The van der Waals surface area contributed by atoms with E-state index >= 15 is 0 Å². The van der Waals surface area contributed by atoms with Crippen molar-refractivity contribution >= 4 is 35.1 Å². The van der Waals surface area contributed by atoms with E-state index in [1.807, 2.05) is 0 Å². The van der Waals surface area contributed by atoms with Crippen molar-refractivity contribution in [2.45, 2.75) is 11.7 Å². The third-order valence-corrected chi connectivity index (χ3v) is 3.31. The van der Waals surface area contributed by atoms with E-state index in [0.29, 0.717) is 22.5 Å². The largest absolute Gasteiger partial charge is 0.310 e. The van der Waals surface area contributed by atoms with Gasteiger partial charge in [0.15, 0.2) is 0 Å². The fourth-order valence-corrected chi connectivity index (χ4v) is 2.09. The van der Waals surface area contributed by atoms with Crippen molar-refractivity contribution in [3.05, 3.63) is 36.0 Å². The van der Waals surface area contributed by atoms with Gasteiger partial charge in [0.1, 0.15) is 5.82 Å². The second-order valence-corrected chi connectivity index (χ2v) is 5.01. The van der Waals surface area contributed by atoms with Gasteiger partial charge in [-0.05, 0) is 22.6 Å². The number of nitrogens with zero attached hydrogens (tertiary/aromatic N) is 5. The molecule has 0 saturated carbocycles. The lowest BCUT2D eigenvalue weighted by molar-refractivity contribution is -0.113. The van der Waals surface area contributed by atoms with Crippen molar-refractivity contribution in [2.24, 2.45) is 0 Å². The minimum atomic E-state index is -0.196. The zero-order chi connectivity index (χ0) is 14.4. The normalized spacial score (nSPS) is 10.2. The number of anilines is 1. The topological polar surface area (TPSA) is 85.6 Å². The van der Waals surface area contributed by atoms with Crippen LogP contribution in [0.3, 0.4) is 0 Å². The second kappa shape index (κ2) is 7.01. The van der Waals surface area contributed by atoms with Crippen LogP contribution < -0.4 is 5.32 Å². The molecule has 0 aliphatic rings. The molecule has 0 aliphatic carbocycles. The maximum atomic E-state index is 11.8. The monoisotopic (exact) mass is 310 g/mol. The molecular formula is C11H11ClN6OS. The molecule has 0 radical (unpaired) electrons. The van der Waals surface area contributed by atoms with Crippen LogP contribution in [0.1, 0.15) is 0 Å². The van der Waals surface area contributed by atoms with Crippen LogP contribution in [-0.2, 0) is 11.3 Å². The van der Waals surface area contributed by atoms with Crippen LogP contribution in [0.15, 0.2) is 36.1 Å². The Morgan fingerprint density at radius 3 is 3.10 bits per heavy atom. The molecule has 0 atom stereocenters. The third kappa shape index (κ3) is 4.04. The zero-order valence-electron chi connectivity index (χ0n) is 10.4. The quantitative estimate of drug-likeness (QED) is 0.645. The average molecular weight is 311 g/mol. The molecule has 0 saturated heterocycles. The summed E-state index contributed by atoms with van der Waals surface area (Å²) >= 11 is 6.95. The summed E-state index contributed by atoms with van der Waals surface area (Å²) < 4.78 is 1.56. The summed E-state index contributed by atoms with van der Waals surface area (Å²) in [6.45, 7) is 4.11. The predicted octanol–water partition coefficient (Wildman–Crippen LogP) is 1.64. The van der Waals surface area contributed by atoms with Crippen LogP contribution >= 0.6 is 23.4 Å². The first-order chi connectivity index (χ1) is 9.69. The number of pyridine rings is 1.